The Hall–Kier alpha value is -0.700. The Bertz CT molecular complexity index is 635. The van der Waals surface area contributed by atoms with Crippen molar-refractivity contribution in [3.8, 4) is 0 Å². The molecule has 0 aromatic heterocycles. The largest absolute Gasteiger partial charge is 0.370 e. The summed E-state index contributed by atoms with van der Waals surface area (Å²) in [6, 6.07) is 0. The van der Waals surface area contributed by atoms with Crippen molar-refractivity contribution in [1.82, 2.24) is 0 Å². The van der Waals surface area contributed by atoms with Crippen LogP contribution >= 0.6 is 0 Å². The molecule has 8 atom stereocenters. The first-order chi connectivity index (χ1) is 11.8. The fourth-order valence-corrected chi connectivity index (χ4v) is 8.15. The number of fused-ring (bicyclic) bond motifs is 5. The second-order valence-electron chi connectivity index (χ2n) is 10.6. The minimum atomic E-state index is 0.0147. The van der Waals surface area contributed by atoms with Crippen LogP contribution in [0.25, 0.3) is 0 Å². The van der Waals surface area contributed by atoms with Gasteiger partial charge in [-0.05, 0) is 73.5 Å². The number of ketones is 2. The van der Waals surface area contributed by atoms with Crippen LogP contribution in [-0.4, -0.2) is 23.8 Å². The molecule has 0 bridgehead atoms. The second-order valence-corrected chi connectivity index (χ2v) is 10.6. The molecule has 3 heteroatoms. The van der Waals surface area contributed by atoms with Gasteiger partial charge in [0.2, 0.25) is 0 Å². The predicted octanol–water partition coefficient (Wildman–Crippen LogP) is 4.18. The number of hydrogen-bond acceptors (Lipinski definition) is 3. The van der Waals surface area contributed by atoms with E-state index in [-0.39, 0.29) is 16.9 Å². The van der Waals surface area contributed by atoms with E-state index in [0.717, 1.165) is 19.4 Å². The molecule has 138 valence electrons. The summed E-state index contributed by atoms with van der Waals surface area (Å²) in [5, 5.41) is 0. The summed E-state index contributed by atoms with van der Waals surface area (Å²) in [6.45, 7) is 8.07. The minimum Gasteiger partial charge on any atom is -0.370 e. The predicted molar refractivity (Wildman–Crippen MR) is 95.0 cm³/mol. The highest BCUT2D eigenvalue weighted by Gasteiger charge is 2.66. The maximum atomic E-state index is 13.0. The minimum absolute atomic E-state index is 0.0147. The number of carbonyl (C=O) groups excluding carboxylic acids is 2. The lowest BCUT2D eigenvalue weighted by Gasteiger charge is -2.59. The van der Waals surface area contributed by atoms with Crippen molar-refractivity contribution in [2.75, 3.05) is 6.61 Å². The van der Waals surface area contributed by atoms with Gasteiger partial charge in [0.25, 0.3) is 0 Å². The van der Waals surface area contributed by atoms with Crippen molar-refractivity contribution >= 4 is 11.6 Å². The van der Waals surface area contributed by atoms with Crippen molar-refractivity contribution < 1.29 is 14.3 Å². The van der Waals surface area contributed by atoms with Crippen molar-refractivity contribution in [2.45, 2.75) is 77.7 Å². The van der Waals surface area contributed by atoms with Gasteiger partial charge in [0.05, 0.1) is 12.2 Å². The van der Waals surface area contributed by atoms with Crippen molar-refractivity contribution in [3.63, 3.8) is 0 Å². The van der Waals surface area contributed by atoms with Crippen LogP contribution in [0, 0.1) is 40.4 Å². The monoisotopic (exact) mass is 344 g/mol. The lowest BCUT2D eigenvalue weighted by Crippen LogP contribution is -2.57. The first-order valence-corrected chi connectivity index (χ1v) is 10.5. The second kappa shape index (κ2) is 4.97. The SMILES string of the molecule is C[C@]12CCC(=O)C[C@@H]1C(=O)C[C@@H]1[C@@H]2CC[C@@]2(C)[C@H]1CC[C@@H]2[C@@]1(C)CO1. The Morgan fingerprint density at radius 1 is 0.920 bits per heavy atom. The lowest BCUT2D eigenvalue weighted by atomic mass is 9.44. The summed E-state index contributed by atoms with van der Waals surface area (Å²) in [7, 11) is 0. The molecule has 4 saturated carbocycles. The third kappa shape index (κ3) is 2.08. The van der Waals surface area contributed by atoms with Gasteiger partial charge in [-0.1, -0.05) is 13.8 Å². The molecule has 0 unspecified atom stereocenters. The van der Waals surface area contributed by atoms with Gasteiger partial charge >= 0.3 is 0 Å². The fraction of sp³-hybridized carbons (Fsp3) is 0.909. The van der Waals surface area contributed by atoms with Gasteiger partial charge in [-0.15, -0.1) is 0 Å². The Balaban J connectivity index is 1.48. The van der Waals surface area contributed by atoms with Crippen LogP contribution in [0.15, 0.2) is 0 Å². The Morgan fingerprint density at radius 2 is 1.64 bits per heavy atom. The lowest BCUT2D eigenvalue weighted by molar-refractivity contribution is -0.159. The molecule has 5 fully saturated rings. The summed E-state index contributed by atoms with van der Waals surface area (Å²) in [5.41, 5.74) is 0.534. The van der Waals surface area contributed by atoms with Gasteiger partial charge in [0.1, 0.15) is 11.6 Å². The maximum Gasteiger partial charge on any atom is 0.137 e. The third-order valence-corrected chi connectivity index (χ3v) is 9.62. The smallest absolute Gasteiger partial charge is 0.137 e. The summed E-state index contributed by atoms with van der Waals surface area (Å²) in [6.07, 6.45) is 7.97. The van der Waals surface area contributed by atoms with E-state index < -0.39 is 0 Å². The highest BCUT2D eigenvalue weighted by Crippen LogP contribution is 2.69. The third-order valence-electron chi connectivity index (χ3n) is 9.62. The van der Waals surface area contributed by atoms with E-state index in [2.05, 4.69) is 20.8 Å². The quantitative estimate of drug-likeness (QED) is 0.670. The van der Waals surface area contributed by atoms with Gasteiger partial charge < -0.3 is 4.74 Å². The molecule has 1 saturated heterocycles. The highest BCUT2D eigenvalue weighted by molar-refractivity contribution is 5.90. The van der Waals surface area contributed by atoms with Crippen LogP contribution in [0.4, 0.5) is 0 Å². The zero-order valence-electron chi connectivity index (χ0n) is 16.0. The maximum absolute atomic E-state index is 13.0. The number of hydrogen-bond donors (Lipinski definition) is 0. The molecule has 1 aliphatic heterocycles. The highest BCUT2D eigenvalue weighted by atomic mass is 16.6. The zero-order valence-corrected chi connectivity index (χ0v) is 16.0. The molecule has 5 aliphatic rings. The Morgan fingerprint density at radius 3 is 2.36 bits per heavy atom. The van der Waals surface area contributed by atoms with Crippen molar-refractivity contribution in [2.24, 2.45) is 40.4 Å². The average molecular weight is 344 g/mol. The van der Waals surface area contributed by atoms with Crippen molar-refractivity contribution in [3.05, 3.63) is 0 Å². The van der Waals surface area contributed by atoms with Gasteiger partial charge in [0.15, 0.2) is 0 Å². The molecule has 0 radical (unpaired) electrons. The fourth-order valence-electron chi connectivity index (χ4n) is 8.15. The molecular weight excluding hydrogens is 312 g/mol. The standard InChI is InChI=1S/C22H32O3/c1-20-8-6-13(23)10-17(20)18(24)11-14-15-4-5-19(22(3)12-25-22)21(15,2)9-7-16(14)20/h14-17,19H,4-12H2,1-3H3/t14-,15-,16-,17+,19-,20+,21-,22+/m0/s1. The summed E-state index contributed by atoms with van der Waals surface area (Å²) < 4.78 is 5.86. The van der Waals surface area contributed by atoms with Crippen LogP contribution in [-0.2, 0) is 14.3 Å². The molecule has 4 aliphatic carbocycles. The van der Waals surface area contributed by atoms with Crippen LogP contribution in [0.2, 0.25) is 0 Å². The number of rotatable bonds is 1. The number of Topliss-reactive ketones (excluding diaryl/α,β-unsaturated/α-hetero) is 2. The van der Waals surface area contributed by atoms with E-state index in [1.165, 1.54) is 25.7 Å². The van der Waals surface area contributed by atoms with Gasteiger partial charge in [0, 0.05) is 25.2 Å². The zero-order chi connectivity index (χ0) is 17.6. The normalized spacial score (nSPS) is 57.6. The Labute approximate surface area is 151 Å². The molecule has 0 amide bonds. The topological polar surface area (TPSA) is 46.7 Å². The van der Waals surface area contributed by atoms with Crippen LogP contribution < -0.4 is 0 Å². The van der Waals surface area contributed by atoms with Gasteiger partial charge in [-0.25, -0.2) is 0 Å². The first kappa shape index (κ1) is 16.5. The van der Waals surface area contributed by atoms with Crippen LogP contribution in [0.1, 0.15) is 72.1 Å². The van der Waals surface area contributed by atoms with E-state index in [1.807, 2.05) is 0 Å². The molecule has 0 aromatic carbocycles. The van der Waals surface area contributed by atoms with Crippen molar-refractivity contribution in [1.29, 1.82) is 0 Å². The summed E-state index contributed by atoms with van der Waals surface area (Å²) >= 11 is 0. The molecular formula is C22H32O3. The molecule has 25 heavy (non-hydrogen) atoms. The van der Waals surface area contributed by atoms with Gasteiger partial charge in [-0.2, -0.15) is 0 Å². The summed E-state index contributed by atoms with van der Waals surface area (Å²) in [5.74, 6) is 3.27. The average Bonchev–Trinajstić information content (AvgIpc) is 3.18. The van der Waals surface area contributed by atoms with E-state index in [1.54, 1.807) is 0 Å². The molecule has 5 rings (SSSR count). The number of ether oxygens (including phenoxy) is 1. The molecule has 0 aromatic rings. The van der Waals surface area contributed by atoms with E-state index >= 15 is 0 Å². The number of carbonyl (C=O) groups is 2. The number of epoxide rings is 1. The Kier molecular flexibility index (Phi) is 3.27. The molecule has 1 heterocycles. The molecule has 0 spiro atoms. The van der Waals surface area contributed by atoms with E-state index in [4.69, 9.17) is 4.74 Å². The van der Waals surface area contributed by atoms with E-state index in [0.29, 0.717) is 53.5 Å². The van der Waals surface area contributed by atoms with E-state index in [9.17, 15) is 9.59 Å². The van der Waals surface area contributed by atoms with Crippen LogP contribution in [0.5, 0.6) is 0 Å². The van der Waals surface area contributed by atoms with Gasteiger partial charge in [-0.3, -0.25) is 9.59 Å². The first-order valence-electron chi connectivity index (χ1n) is 10.5. The van der Waals surface area contributed by atoms with Crippen LogP contribution in [0.3, 0.4) is 0 Å². The molecule has 3 nitrogen and oxygen atoms in total. The molecule has 0 N–H and O–H groups in total. The summed E-state index contributed by atoms with van der Waals surface area (Å²) in [4.78, 5) is 25.0.